The summed E-state index contributed by atoms with van der Waals surface area (Å²) in [5.74, 6) is -0.974. The topological polar surface area (TPSA) is 449 Å². The van der Waals surface area contributed by atoms with E-state index in [-0.39, 0.29) is 184 Å². The maximum atomic E-state index is 12.7. The second kappa shape index (κ2) is 65.1. The van der Waals surface area contributed by atoms with Crippen LogP contribution >= 0.6 is 57.5 Å². The van der Waals surface area contributed by atoms with Crippen LogP contribution in [0, 0.1) is 20.2 Å². The number of benzene rings is 7. The Morgan fingerprint density at radius 2 is 0.903 bits per heavy atom. The molecule has 0 aliphatic carbocycles. The van der Waals surface area contributed by atoms with Crippen LogP contribution in [0.5, 0.6) is 17.2 Å². The maximum Gasteiger partial charge on any atom is 0.573 e. The molecule has 0 aliphatic heterocycles. The van der Waals surface area contributed by atoms with E-state index in [1.54, 1.807) is 124 Å². The van der Waals surface area contributed by atoms with Gasteiger partial charge in [-0.15, -0.1) is 35.8 Å². The molecule has 4 heterocycles. The fraction of sp³-hybridized carbons (Fsp3) is 0.367. The van der Waals surface area contributed by atoms with Gasteiger partial charge in [-0.3, -0.25) is 44.1 Å². The van der Waals surface area contributed by atoms with Crippen LogP contribution in [0.2, 0.25) is 15.1 Å². The Hall–Kier alpha value is -11.5. The molecular formula is C98H135Cl3F6N14O18S6. The summed E-state index contributed by atoms with van der Waals surface area (Å²) < 4.78 is 189. The van der Waals surface area contributed by atoms with E-state index in [0.29, 0.717) is 35.0 Å². The Morgan fingerprint density at radius 1 is 0.455 bits per heavy atom. The van der Waals surface area contributed by atoms with Gasteiger partial charge in [0.1, 0.15) is 19.9 Å². The zero-order valence-electron chi connectivity index (χ0n) is 78.5. The minimum absolute atomic E-state index is 0. The summed E-state index contributed by atoms with van der Waals surface area (Å²) in [6.07, 6.45) is -6.42. The number of nitro benzene ring substituents is 2. The summed E-state index contributed by atoms with van der Waals surface area (Å²) in [7, 11) is -13.0. The summed E-state index contributed by atoms with van der Waals surface area (Å²) in [5, 5.41) is 38.8. The number of nitrogens with one attached hydrogen (secondary N) is 9. The van der Waals surface area contributed by atoms with Crippen LogP contribution in [0.15, 0.2) is 243 Å². The van der Waals surface area contributed by atoms with E-state index in [9.17, 15) is 99.4 Å². The molecule has 4 aromatic heterocycles. The van der Waals surface area contributed by atoms with E-state index in [2.05, 4.69) is 86.3 Å². The number of aryl methyl sites for hydroxylation is 2. The van der Waals surface area contributed by atoms with Crippen molar-refractivity contribution < 1.29 is 98.5 Å². The predicted octanol–water partition coefficient (Wildman–Crippen LogP) is 23.9. The van der Waals surface area contributed by atoms with Crippen LogP contribution in [0.1, 0.15) is 209 Å². The van der Waals surface area contributed by atoms with Crippen molar-refractivity contribution in [1.29, 1.82) is 0 Å². The number of carbonyl (C=O) groups is 4. The summed E-state index contributed by atoms with van der Waals surface area (Å²) in [6.45, 7) is 29.5. The molecule has 0 saturated carbocycles. The van der Waals surface area contributed by atoms with Gasteiger partial charge in [-0.1, -0.05) is 158 Å². The van der Waals surface area contributed by atoms with Crippen molar-refractivity contribution >= 4 is 138 Å². The van der Waals surface area contributed by atoms with Crippen LogP contribution in [0.3, 0.4) is 0 Å². The van der Waals surface area contributed by atoms with Gasteiger partial charge in [0.05, 0.1) is 46.9 Å². The van der Waals surface area contributed by atoms with Crippen LogP contribution in [0.4, 0.5) is 43.4 Å². The first kappa shape index (κ1) is 138. The monoisotopic (exact) mass is 2210 g/mol. The molecule has 7 aromatic carbocycles. The van der Waals surface area contributed by atoms with Gasteiger partial charge >= 0.3 is 12.5 Å². The number of nitro groups is 2. The number of anilines is 1. The Kier molecular flexibility index (Phi) is 61.8. The number of hydrogen-bond acceptors (Lipinski definition) is 23. The van der Waals surface area contributed by atoms with E-state index in [4.69, 9.17) is 39.5 Å². The number of alkyl halides is 6. The van der Waals surface area contributed by atoms with Crippen molar-refractivity contribution in [2.24, 2.45) is 7.05 Å². The first-order chi connectivity index (χ1) is 64.7. The van der Waals surface area contributed by atoms with Gasteiger partial charge < -0.3 is 36.1 Å². The van der Waals surface area contributed by atoms with Crippen molar-refractivity contribution in [1.82, 2.24) is 54.9 Å². The highest BCUT2D eigenvalue weighted by molar-refractivity contribution is 7.92. The number of sulfonamides is 4. The first-order valence-corrected chi connectivity index (χ1v) is 51.0. The third-order valence-corrected chi connectivity index (χ3v) is 27.0. The van der Waals surface area contributed by atoms with Crippen molar-refractivity contribution in [3.63, 3.8) is 0 Å². The Bertz CT molecular complexity index is 6260. The van der Waals surface area contributed by atoms with Gasteiger partial charge in [-0.25, -0.2) is 57.5 Å². The number of halogens is 9. The predicted molar refractivity (Wildman–Crippen MR) is 569 cm³/mol. The molecule has 0 unspecified atom stereocenters. The normalized spacial score (nSPS) is 10.9. The molecule has 804 valence electrons. The lowest BCUT2D eigenvalue weighted by molar-refractivity contribution is -0.385. The Balaban J connectivity index is -0.00000160. The number of amides is 4. The molecule has 0 radical (unpaired) electrons. The fourth-order valence-corrected chi connectivity index (χ4v) is 19.5. The second-order valence-electron chi connectivity index (χ2n) is 31.9. The minimum atomic E-state index is -4.72. The zero-order valence-corrected chi connectivity index (χ0v) is 85.7. The second-order valence-corrected chi connectivity index (χ2v) is 42.6. The largest absolute Gasteiger partial charge is 0.573 e. The number of para-hydroxylation sites is 1. The lowest BCUT2D eigenvalue weighted by Crippen LogP contribution is -2.30. The first-order valence-electron chi connectivity index (χ1n) is 42.3. The number of rotatable bonds is 31. The van der Waals surface area contributed by atoms with Gasteiger partial charge in [0.2, 0.25) is 36.0 Å². The van der Waals surface area contributed by atoms with Crippen LogP contribution < -0.4 is 54.9 Å². The molecule has 47 heteroatoms. The van der Waals surface area contributed by atoms with Gasteiger partial charge in [0.15, 0.2) is 16.5 Å². The number of carbonyl (C=O) groups excluding carboxylic acids is 4. The SMILES string of the molecule is C.C.C.C.C.C.CC(C)NC(=O)CCc1ccccc1.CC(C)NC(=O)c1ccc(OC(F)(F)F)cc1.CC(C)NC(=O)c1cccc([N+](=O)[O-])c1.CC(C)NS(=O)(=O)c1cc(Cl)c(Oc2ccc([N+](=O)[O-])cc2Cl)c(Cl)c1.CC(C)NS(=O)(=O)c1ccc(-c2cc(C(F)(F)F)nn2C)s1.CC(C)NS(=O)(=O)c1ccc(CNC(=O)c2ccccc2)s1.CC(C)NS(=O)(=O)c1ccccn1.CC(C)Nc1ccccc1. The molecule has 145 heavy (non-hydrogen) atoms. The van der Waals surface area contributed by atoms with Gasteiger partial charge in [-0.05, 0) is 238 Å². The molecule has 0 bridgehead atoms. The van der Waals surface area contributed by atoms with Crippen LogP contribution in [0.25, 0.3) is 10.6 Å². The van der Waals surface area contributed by atoms with Gasteiger partial charge in [-0.2, -0.15) is 18.3 Å². The average molecular weight is 2210 g/mol. The molecule has 0 aliphatic rings. The molecule has 0 spiro atoms. The van der Waals surface area contributed by atoms with Gasteiger partial charge in [0.25, 0.3) is 39.1 Å². The third kappa shape index (κ3) is 51.9. The molecule has 11 aromatic rings. The number of pyridine rings is 1. The highest BCUT2D eigenvalue weighted by atomic mass is 35.5. The summed E-state index contributed by atoms with van der Waals surface area (Å²) in [4.78, 5) is 71.1. The molecule has 32 nitrogen and oxygen atoms in total. The number of thiophene rings is 2. The third-order valence-electron chi connectivity index (χ3n) is 16.4. The summed E-state index contributed by atoms with van der Waals surface area (Å²) in [6, 6.07) is 57.2. The van der Waals surface area contributed by atoms with E-state index in [0.717, 1.165) is 62.9 Å². The van der Waals surface area contributed by atoms with Crippen molar-refractivity contribution in [3.8, 4) is 27.8 Å². The highest BCUT2D eigenvalue weighted by Crippen LogP contribution is 2.42. The molecule has 4 amide bonds. The number of hydrogen-bond donors (Lipinski definition) is 9. The van der Waals surface area contributed by atoms with E-state index >= 15 is 0 Å². The maximum absolute atomic E-state index is 12.7. The van der Waals surface area contributed by atoms with E-state index < -0.39 is 68.2 Å². The Labute approximate surface area is 872 Å². The van der Waals surface area contributed by atoms with Gasteiger partial charge in [0, 0.05) is 120 Å². The molecule has 0 saturated heterocycles. The van der Waals surface area contributed by atoms with E-state index in [1.165, 1.54) is 97.3 Å². The van der Waals surface area contributed by atoms with Crippen LogP contribution in [-0.4, -0.2) is 137 Å². The minimum Gasteiger partial charge on any atom is -0.453 e. The number of aromatic nitrogens is 3. The standard InChI is InChI=1S/C15H13Cl3N2O5S.C15H18N2O3S2.C12H14F3N3O2S2.C12H17NO.C11H12F3NO2.C10H12N2O3.C9H13N.C8H12N2O2S.6CH4/c1-8(2)19-26(23,24)10-6-12(17)15(13(18)7-10)25-14-4-3-9(20(21)22)5-11(14)16;1-11(2)17-22(19,20)14-9-8-13(21-14)10-16-15(18)12-6-4-3-5-7-12;1-7(2)17-22(19,20)11-5-4-9(21-11)8-6-10(12(13,14)15)16-18(8)3;1-10(2)13-12(14)9-8-11-6-4-3-5-7-11;1-7(2)15-10(16)8-3-5-9(6-4-8)17-11(12,13)14;1-7(2)11-10(13)8-4-3-5-9(6-8)12(14)15;1-8(2)10-9-6-4-3-5-7-9;1-7(2)10-13(11,12)8-5-3-4-6-9-8;;;;;;/h3-8,19H,1-2H3;3-9,11,17H,10H2,1-2H3,(H,16,18);4-7,17H,1-3H3;3-7,10H,8-9H2,1-2H3,(H,13,14);3-7H,1-2H3,(H,15,16);3-7H,1-2H3,(H,11,13);3-8,10H,1-2H3;3-7,10H,1-2H3;6*1H4. The van der Waals surface area contributed by atoms with Crippen molar-refractivity contribution in [3.05, 3.63) is 293 Å². The smallest absolute Gasteiger partial charge is 0.453 e. The lowest BCUT2D eigenvalue weighted by Gasteiger charge is -2.14. The van der Waals surface area contributed by atoms with Crippen molar-refractivity contribution in [2.45, 2.75) is 254 Å². The molecule has 11 rings (SSSR count). The number of non-ortho nitro benzene ring substituents is 2. The zero-order chi connectivity index (χ0) is 105. The molecule has 0 atom stereocenters. The molecule has 0 fully saturated rings. The molecular weight excluding hydrogens is 2070 g/mol. The van der Waals surface area contributed by atoms with Crippen LogP contribution in [-0.2, 0) is 71.1 Å². The van der Waals surface area contributed by atoms with E-state index in [1.807, 2.05) is 82.3 Å². The summed E-state index contributed by atoms with van der Waals surface area (Å²) >= 11 is 20.2. The average Bonchev–Trinajstić information content (AvgIpc) is 1.56. The van der Waals surface area contributed by atoms with Crippen molar-refractivity contribution in [2.75, 3.05) is 5.32 Å². The molecule has 9 N–H and O–H groups in total. The summed E-state index contributed by atoms with van der Waals surface area (Å²) in [5.41, 5.74) is 2.49. The quantitative estimate of drug-likeness (QED) is 0.0111. The number of ether oxygens (including phenoxy) is 2. The number of nitrogens with zero attached hydrogens (tertiary/aromatic N) is 5. The Morgan fingerprint density at radius 3 is 1.36 bits per heavy atom. The highest BCUT2D eigenvalue weighted by Gasteiger charge is 2.36. The fourth-order valence-electron chi connectivity index (χ4n) is 10.9. The lowest BCUT2D eigenvalue weighted by atomic mass is 10.1.